The SMILES string of the molecule is CCNC(=NCc1ccc2c(c1)CCC2)NCC(C)(O)c1cnn(C)c1.I. The number of benzene rings is 1. The molecule has 3 N–H and O–H groups in total. The van der Waals surface area contributed by atoms with Crippen LogP contribution in [0.25, 0.3) is 0 Å². The fraction of sp³-hybridized carbons (Fsp3) is 0.500. The molecular weight excluding hydrogens is 453 g/mol. The van der Waals surface area contributed by atoms with Crippen molar-refractivity contribution in [3.63, 3.8) is 0 Å². The van der Waals surface area contributed by atoms with Crippen LogP contribution in [0.5, 0.6) is 0 Å². The summed E-state index contributed by atoms with van der Waals surface area (Å²) in [7, 11) is 1.84. The molecule has 0 saturated heterocycles. The van der Waals surface area contributed by atoms with Crippen molar-refractivity contribution in [3.8, 4) is 0 Å². The Bertz CT molecular complexity index is 784. The van der Waals surface area contributed by atoms with Crippen molar-refractivity contribution in [2.75, 3.05) is 13.1 Å². The lowest BCUT2D eigenvalue weighted by Crippen LogP contribution is -2.44. The second-order valence-electron chi connectivity index (χ2n) is 7.18. The van der Waals surface area contributed by atoms with E-state index in [1.165, 1.54) is 36.0 Å². The van der Waals surface area contributed by atoms with E-state index < -0.39 is 5.60 Å². The van der Waals surface area contributed by atoms with Crippen molar-refractivity contribution >= 4 is 29.9 Å². The first kappa shape index (κ1) is 21.7. The van der Waals surface area contributed by atoms with Gasteiger partial charge in [-0.1, -0.05) is 18.2 Å². The maximum Gasteiger partial charge on any atom is 0.191 e. The molecule has 0 spiro atoms. The van der Waals surface area contributed by atoms with Crippen LogP contribution in [0.2, 0.25) is 0 Å². The lowest BCUT2D eigenvalue weighted by atomic mass is 10.00. The lowest BCUT2D eigenvalue weighted by Gasteiger charge is -2.23. The molecule has 1 aromatic heterocycles. The van der Waals surface area contributed by atoms with Gasteiger partial charge in [-0.25, -0.2) is 4.99 Å². The summed E-state index contributed by atoms with van der Waals surface area (Å²) in [6.07, 6.45) is 7.16. The van der Waals surface area contributed by atoms with Crippen molar-refractivity contribution in [3.05, 3.63) is 52.8 Å². The summed E-state index contributed by atoms with van der Waals surface area (Å²) in [5.74, 6) is 0.706. The van der Waals surface area contributed by atoms with Gasteiger partial charge in [0.1, 0.15) is 5.60 Å². The number of aromatic nitrogens is 2. The largest absolute Gasteiger partial charge is 0.383 e. The Balaban J connectivity index is 0.00000261. The molecule has 1 unspecified atom stereocenters. The Morgan fingerprint density at radius 3 is 2.78 bits per heavy atom. The summed E-state index contributed by atoms with van der Waals surface area (Å²) in [5, 5.41) is 21.3. The molecule has 148 valence electrons. The molecule has 0 radical (unpaired) electrons. The maximum atomic E-state index is 10.7. The minimum Gasteiger partial charge on any atom is -0.383 e. The molecule has 1 aromatic carbocycles. The van der Waals surface area contributed by atoms with E-state index in [1.54, 1.807) is 17.8 Å². The first-order valence-corrected chi connectivity index (χ1v) is 9.32. The highest BCUT2D eigenvalue weighted by molar-refractivity contribution is 14.0. The fourth-order valence-corrected chi connectivity index (χ4v) is 3.29. The second kappa shape index (κ2) is 9.54. The molecule has 0 aliphatic heterocycles. The van der Waals surface area contributed by atoms with Gasteiger partial charge in [-0.2, -0.15) is 5.10 Å². The molecule has 0 amide bonds. The highest BCUT2D eigenvalue weighted by Gasteiger charge is 2.25. The summed E-state index contributed by atoms with van der Waals surface area (Å²) < 4.78 is 1.69. The highest BCUT2D eigenvalue weighted by Crippen LogP contribution is 2.23. The monoisotopic (exact) mass is 483 g/mol. The van der Waals surface area contributed by atoms with Crippen LogP contribution in [0.15, 0.2) is 35.6 Å². The number of hydrogen-bond acceptors (Lipinski definition) is 3. The van der Waals surface area contributed by atoms with Crippen LogP contribution in [0.1, 0.15) is 42.5 Å². The zero-order valence-corrected chi connectivity index (χ0v) is 18.7. The molecule has 1 aliphatic carbocycles. The Morgan fingerprint density at radius 2 is 2.07 bits per heavy atom. The van der Waals surface area contributed by atoms with Gasteiger partial charge in [-0.05, 0) is 49.8 Å². The maximum absolute atomic E-state index is 10.7. The number of aliphatic imine (C=N–C) groups is 1. The number of halogens is 1. The summed E-state index contributed by atoms with van der Waals surface area (Å²) in [6, 6.07) is 6.69. The summed E-state index contributed by atoms with van der Waals surface area (Å²) in [5.41, 5.74) is 3.94. The third kappa shape index (κ3) is 5.68. The minimum absolute atomic E-state index is 0. The van der Waals surface area contributed by atoms with Crippen LogP contribution in [-0.4, -0.2) is 33.9 Å². The molecule has 1 aliphatic rings. The molecule has 0 bridgehead atoms. The van der Waals surface area contributed by atoms with E-state index in [0.717, 1.165) is 12.1 Å². The van der Waals surface area contributed by atoms with Gasteiger partial charge in [0.05, 0.1) is 19.3 Å². The van der Waals surface area contributed by atoms with Gasteiger partial charge in [0.15, 0.2) is 5.96 Å². The Labute approximate surface area is 178 Å². The fourth-order valence-electron chi connectivity index (χ4n) is 3.29. The van der Waals surface area contributed by atoms with E-state index in [-0.39, 0.29) is 24.0 Å². The molecule has 0 saturated carbocycles. The van der Waals surface area contributed by atoms with E-state index in [0.29, 0.717) is 19.0 Å². The first-order chi connectivity index (χ1) is 12.5. The minimum atomic E-state index is -1.02. The quantitative estimate of drug-likeness (QED) is 0.336. The van der Waals surface area contributed by atoms with Gasteiger partial charge in [0.25, 0.3) is 0 Å². The van der Waals surface area contributed by atoms with Crippen LogP contribution < -0.4 is 10.6 Å². The Hall–Kier alpha value is -1.61. The van der Waals surface area contributed by atoms with E-state index >= 15 is 0 Å². The van der Waals surface area contributed by atoms with Crippen molar-refractivity contribution in [1.29, 1.82) is 0 Å². The van der Waals surface area contributed by atoms with Crippen LogP contribution in [0.3, 0.4) is 0 Å². The number of nitrogens with one attached hydrogen (secondary N) is 2. The third-order valence-corrected chi connectivity index (χ3v) is 4.85. The van der Waals surface area contributed by atoms with Crippen LogP contribution in [0.4, 0.5) is 0 Å². The van der Waals surface area contributed by atoms with Gasteiger partial charge in [0.2, 0.25) is 0 Å². The summed E-state index contributed by atoms with van der Waals surface area (Å²) in [4.78, 5) is 4.67. The predicted molar refractivity (Wildman–Crippen MR) is 119 cm³/mol. The lowest BCUT2D eigenvalue weighted by molar-refractivity contribution is 0.0616. The first-order valence-electron chi connectivity index (χ1n) is 9.32. The number of aryl methyl sites for hydroxylation is 3. The van der Waals surface area contributed by atoms with Crippen molar-refractivity contribution in [1.82, 2.24) is 20.4 Å². The van der Waals surface area contributed by atoms with Crippen LogP contribution in [-0.2, 0) is 32.0 Å². The predicted octanol–water partition coefficient (Wildman–Crippen LogP) is 2.49. The third-order valence-electron chi connectivity index (χ3n) is 4.85. The zero-order valence-electron chi connectivity index (χ0n) is 16.3. The highest BCUT2D eigenvalue weighted by atomic mass is 127. The topological polar surface area (TPSA) is 74.5 Å². The van der Waals surface area contributed by atoms with Gasteiger partial charge in [0, 0.05) is 25.4 Å². The molecule has 1 atom stereocenters. The number of nitrogens with zero attached hydrogens (tertiary/aromatic N) is 3. The standard InChI is InChI=1S/C20H29N5O.HI/c1-4-21-19(23-14-20(2,26)18-12-24-25(3)13-18)22-11-15-8-9-16-6-5-7-17(16)10-15;/h8-10,12-13,26H,4-7,11,14H2,1-3H3,(H2,21,22,23);1H. The number of hydrogen-bond donors (Lipinski definition) is 3. The van der Waals surface area contributed by atoms with Crippen molar-refractivity contribution < 1.29 is 5.11 Å². The zero-order chi connectivity index (χ0) is 18.6. The van der Waals surface area contributed by atoms with E-state index in [9.17, 15) is 5.11 Å². The van der Waals surface area contributed by atoms with E-state index in [4.69, 9.17) is 0 Å². The molecule has 0 fully saturated rings. The van der Waals surface area contributed by atoms with Crippen molar-refractivity contribution in [2.24, 2.45) is 12.0 Å². The molecule has 7 heteroatoms. The smallest absolute Gasteiger partial charge is 0.191 e. The van der Waals surface area contributed by atoms with Crippen LogP contribution >= 0.6 is 24.0 Å². The van der Waals surface area contributed by atoms with Crippen molar-refractivity contribution in [2.45, 2.75) is 45.3 Å². The molecule has 6 nitrogen and oxygen atoms in total. The number of rotatable bonds is 6. The van der Waals surface area contributed by atoms with E-state index in [2.05, 4.69) is 38.9 Å². The van der Waals surface area contributed by atoms with Gasteiger partial charge in [-0.3, -0.25) is 4.68 Å². The second-order valence-corrected chi connectivity index (χ2v) is 7.18. The molecule has 3 rings (SSSR count). The average molecular weight is 483 g/mol. The normalized spacial score (nSPS) is 15.6. The number of guanidine groups is 1. The summed E-state index contributed by atoms with van der Waals surface area (Å²) in [6.45, 7) is 5.56. The van der Waals surface area contributed by atoms with E-state index in [1.807, 2.05) is 20.2 Å². The average Bonchev–Trinajstić information content (AvgIpc) is 3.26. The van der Waals surface area contributed by atoms with Gasteiger partial charge in [-0.15, -0.1) is 24.0 Å². The van der Waals surface area contributed by atoms with Gasteiger partial charge < -0.3 is 15.7 Å². The Kier molecular flexibility index (Phi) is 7.67. The summed E-state index contributed by atoms with van der Waals surface area (Å²) >= 11 is 0. The molecule has 2 aromatic rings. The Morgan fingerprint density at radius 1 is 1.30 bits per heavy atom. The molecule has 27 heavy (non-hydrogen) atoms. The molecular formula is C20H30IN5O. The van der Waals surface area contributed by atoms with Gasteiger partial charge >= 0.3 is 0 Å². The number of fused-ring (bicyclic) bond motifs is 1. The molecule has 1 heterocycles. The number of aliphatic hydroxyl groups is 1. The van der Waals surface area contributed by atoms with Crippen LogP contribution in [0, 0.1) is 0 Å².